The maximum Gasteiger partial charge on any atom is 0.187 e. The molecule has 26 heavy (non-hydrogen) atoms. The molecule has 0 radical (unpaired) electrons. The standard InChI is InChI=1S/C20H25N3O2S/c1-25-18-7-3-15(4-8-18)20(24)9-16-5-6-17(10-20)23(16)13-14-11-21-19(26-2)22-12-14/h3-4,7-8,11-12,16-17,24H,5-6,9-10,13H2,1-2H3. The Labute approximate surface area is 158 Å². The third kappa shape index (κ3) is 3.33. The van der Waals surface area contributed by atoms with Gasteiger partial charge in [-0.2, -0.15) is 0 Å². The zero-order chi connectivity index (χ0) is 18.1. The number of piperidine rings is 1. The fourth-order valence-electron chi connectivity index (χ4n) is 4.45. The van der Waals surface area contributed by atoms with E-state index in [-0.39, 0.29) is 0 Å². The van der Waals surface area contributed by atoms with Gasteiger partial charge in [0.05, 0.1) is 12.7 Å². The number of benzene rings is 1. The Hall–Kier alpha value is -1.63. The monoisotopic (exact) mass is 371 g/mol. The van der Waals surface area contributed by atoms with Crippen molar-refractivity contribution < 1.29 is 9.84 Å². The first-order chi connectivity index (χ1) is 12.6. The number of methoxy groups -OCH3 is 1. The molecule has 0 amide bonds. The average Bonchev–Trinajstić information content (AvgIpc) is 2.92. The minimum Gasteiger partial charge on any atom is -0.497 e. The van der Waals surface area contributed by atoms with Crippen LogP contribution in [-0.2, 0) is 12.1 Å². The van der Waals surface area contributed by atoms with Crippen molar-refractivity contribution in [3.05, 3.63) is 47.8 Å². The van der Waals surface area contributed by atoms with Crippen LogP contribution >= 0.6 is 11.8 Å². The first kappa shape index (κ1) is 17.8. The van der Waals surface area contributed by atoms with Crippen molar-refractivity contribution in [2.45, 2.75) is 55.1 Å². The summed E-state index contributed by atoms with van der Waals surface area (Å²) < 4.78 is 5.24. The van der Waals surface area contributed by atoms with E-state index in [1.807, 2.05) is 42.9 Å². The van der Waals surface area contributed by atoms with Crippen molar-refractivity contribution in [1.29, 1.82) is 0 Å². The van der Waals surface area contributed by atoms with Crippen molar-refractivity contribution in [3.8, 4) is 5.75 Å². The Morgan fingerprint density at radius 2 is 1.77 bits per heavy atom. The van der Waals surface area contributed by atoms with E-state index in [2.05, 4.69) is 14.9 Å². The smallest absolute Gasteiger partial charge is 0.187 e. The Morgan fingerprint density at radius 1 is 1.15 bits per heavy atom. The summed E-state index contributed by atoms with van der Waals surface area (Å²) in [6.07, 6.45) is 9.70. The molecular weight excluding hydrogens is 346 g/mol. The van der Waals surface area contributed by atoms with Crippen molar-refractivity contribution in [2.75, 3.05) is 13.4 Å². The van der Waals surface area contributed by atoms with E-state index in [1.54, 1.807) is 18.9 Å². The summed E-state index contributed by atoms with van der Waals surface area (Å²) in [5.74, 6) is 0.825. The average molecular weight is 372 g/mol. The molecule has 2 aliphatic heterocycles. The molecule has 1 aromatic heterocycles. The number of thioether (sulfide) groups is 1. The highest BCUT2D eigenvalue weighted by atomic mass is 32.2. The van der Waals surface area contributed by atoms with Gasteiger partial charge in [0.25, 0.3) is 0 Å². The van der Waals surface area contributed by atoms with Crippen LogP contribution in [0, 0.1) is 0 Å². The highest BCUT2D eigenvalue weighted by Crippen LogP contribution is 2.46. The van der Waals surface area contributed by atoms with E-state index in [0.29, 0.717) is 12.1 Å². The molecule has 5 nitrogen and oxygen atoms in total. The Bertz CT molecular complexity index is 737. The van der Waals surface area contributed by atoms with Crippen LogP contribution in [0.1, 0.15) is 36.8 Å². The summed E-state index contributed by atoms with van der Waals surface area (Å²) >= 11 is 1.56. The van der Waals surface area contributed by atoms with Gasteiger partial charge in [-0.25, -0.2) is 9.97 Å². The lowest BCUT2D eigenvalue weighted by Gasteiger charge is -2.44. The van der Waals surface area contributed by atoms with Crippen LogP contribution in [0.2, 0.25) is 0 Å². The predicted molar refractivity (Wildman–Crippen MR) is 102 cm³/mol. The third-order valence-corrected chi connectivity index (χ3v) is 6.35. The molecule has 2 unspecified atom stereocenters. The lowest BCUT2D eigenvalue weighted by Crippen LogP contribution is -2.49. The molecular formula is C20H25N3O2S. The number of aliphatic hydroxyl groups is 1. The van der Waals surface area contributed by atoms with E-state index in [9.17, 15) is 5.11 Å². The predicted octanol–water partition coefficient (Wildman–Crippen LogP) is 3.22. The van der Waals surface area contributed by atoms with E-state index in [0.717, 1.165) is 54.3 Å². The second-order valence-electron chi connectivity index (χ2n) is 7.30. The van der Waals surface area contributed by atoms with Crippen molar-refractivity contribution in [2.24, 2.45) is 0 Å². The molecule has 1 N–H and O–H groups in total. The quantitative estimate of drug-likeness (QED) is 0.643. The number of rotatable bonds is 5. The number of nitrogens with zero attached hydrogens (tertiary/aromatic N) is 3. The SMILES string of the molecule is COc1ccc(C2(O)CC3CCC(C2)N3Cc2cnc(SC)nc2)cc1. The second-order valence-corrected chi connectivity index (χ2v) is 8.08. The summed E-state index contributed by atoms with van der Waals surface area (Å²) in [6, 6.07) is 8.69. The van der Waals surface area contributed by atoms with Crippen LogP contribution in [0.5, 0.6) is 5.75 Å². The highest BCUT2D eigenvalue weighted by molar-refractivity contribution is 7.98. The topological polar surface area (TPSA) is 58.5 Å². The minimum atomic E-state index is -0.742. The molecule has 0 saturated carbocycles. The molecule has 0 aliphatic carbocycles. The van der Waals surface area contributed by atoms with Gasteiger partial charge in [-0.1, -0.05) is 23.9 Å². The molecule has 138 valence electrons. The molecule has 2 saturated heterocycles. The van der Waals surface area contributed by atoms with E-state index in [4.69, 9.17) is 4.74 Å². The fraction of sp³-hybridized carbons (Fsp3) is 0.500. The number of fused-ring (bicyclic) bond motifs is 2. The van der Waals surface area contributed by atoms with Gasteiger partial charge in [-0.15, -0.1) is 0 Å². The van der Waals surface area contributed by atoms with Gasteiger partial charge in [0.15, 0.2) is 5.16 Å². The number of ether oxygens (including phenoxy) is 1. The van der Waals surface area contributed by atoms with Gasteiger partial charge in [-0.3, -0.25) is 4.90 Å². The summed E-state index contributed by atoms with van der Waals surface area (Å²) in [6.45, 7) is 0.864. The molecule has 4 rings (SSSR count). The van der Waals surface area contributed by atoms with Crippen LogP contribution in [0.3, 0.4) is 0 Å². The Kier molecular flexibility index (Phi) is 4.90. The molecule has 1 aromatic carbocycles. The van der Waals surface area contributed by atoms with Crippen molar-refractivity contribution in [1.82, 2.24) is 14.9 Å². The summed E-state index contributed by atoms with van der Waals surface area (Å²) in [4.78, 5) is 11.3. The summed E-state index contributed by atoms with van der Waals surface area (Å²) in [5, 5.41) is 12.2. The van der Waals surface area contributed by atoms with Gasteiger partial charge in [0.1, 0.15) is 5.75 Å². The van der Waals surface area contributed by atoms with E-state index < -0.39 is 5.60 Å². The normalized spacial score (nSPS) is 28.3. The lowest BCUT2D eigenvalue weighted by molar-refractivity contribution is -0.0595. The minimum absolute atomic E-state index is 0.404. The molecule has 2 fully saturated rings. The molecule has 0 spiro atoms. The first-order valence-corrected chi connectivity index (χ1v) is 10.3. The molecule has 2 aliphatic rings. The van der Waals surface area contributed by atoms with Crippen LogP contribution in [-0.4, -0.2) is 45.4 Å². The van der Waals surface area contributed by atoms with Crippen LogP contribution in [0.4, 0.5) is 0 Å². The molecule has 3 heterocycles. The van der Waals surface area contributed by atoms with Gasteiger partial charge < -0.3 is 9.84 Å². The van der Waals surface area contributed by atoms with Gasteiger partial charge in [0, 0.05) is 36.6 Å². The highest BCUT2D eigenvalue weighted by Gasteiger charge is 2.48. The largest absolute Gasteiger partial charge is 0.497 e. The molecule has 2 bridgehead atoms. The first-order valence-electron chi connectivity index (χ1n) is 9.09. The maximum absolute atomic E-state index is 11.3. The van der Waals surface area contributed by atoms with Gasteiger partial charge in [0.2, 0.25) is 0 Å². The summed E-state index contributed by atoms with van der Waals surface area (Å²) in [5.41, 5.74) is 1.41. The van der Waals surface area contributed by atoms with Gasteiger partial charge in [-0.05, 0) is 49.6 Å². The Balaban J connectivity index is 1.49. The van der Waals surface area contributed by atoms with Crippen LogP contribution < -0.4 is 4.74 Å². The third-order valence-electron chi connectivity index (χ3n) is 5.77. The van der Waals surface area contributed by atoms with E-state index in [1.165, 1.54) is 0 Å². The maximum atomic E-state index is 11.3. The molecule has 6 heteroatoms. The van der Waals surface area contributed by atoms with E-state index >= 15 is 0 Å². The van der Waals surface area contributed by atoms with Crippen molar-refractivity contribution in [3.63, 3.8) is 0 Å². The van der Waals surface area contributed by atoms with Gasteiger partial charge >= 0.3 is 0 Å². The molecule has 2 atom stereocenters. The fourth-order valence-corrected chi connectivity index (χ4v) is 4.77. The van der Waals surface area contributed by atoms with Crippen LogP contribution in [0.15, 0.2) is 41.8 Å². The molecule has 2 aromatic rings. The number of hydrogen-bond donors (Lipinski definition) is 1. The van der Waals surface area contributed by atoms with Crippen LogP contribution in [0.25, 0.3) is 0 Å². The summed E-state index contributed by atoms with van der Waals surface area (Å²) in [7, 11) is 1.66. The lowest BCUT2D eigenvalue weighted by atomic mass is 9.80. The zero-order valence-corrected chi connectivity index (χ0v) is 16.1. The number of hydrogen-bond acceptors (Lipinski definition) is 6. The Morgan fingerprint density at radius 3 is 2.31 bits per heavy atom. The number of aromatic nitrogens is 2. The second kappa shape index (κ2) is 7.18. The zero-order valence-electron chi connectivity index (χ0n) is 15.3. The van der Waals surface area contributed by atoms with Crippen molar-refractivity contribution >= 4 is 11.8 Å².